The molecule has 1 aromatic carbocycles. The number of nitrogen functional groups attached to an aromatic ring is 1. The second-order valence-electron chi connectivity index (χ2n) is 5.04. The van der Waals surface area contributed by atoms with Gasteiger partial charge in [0.2, 0.25) is 0 Å². The lowest BCUT2D eigenvalue weighted by molar-refractivity contribution is -0.0251. The highest BCUT2D eigenvalue weighted by Gasteiger charge is 2.39. The minimum Gasteiger partial charge on any atom is -0.497 e. The zero-order chi connectivity index (χ0) is 14.8. The molecule has 0 spiro atoms. The number of benzene rings is 1. The minimum absolute atomic E-state index is 0.143. The number of carbonyl (C=O) groups is 1. The molecule has 2 atom stereocenters. The van der Waals surface area contributed by atoms with Crippen molar-refractivity contribution in [2.45, 2.75) is 25.0 Å². The van der Waals surface area contributed by atoms with Crippen molar-refractivity contribution in [3.8, 4) is 5.75 Å². The topological polar surface area (TPSA) is 93.8 Å². The third-order valence-corrected chi connectivity index (χ3v) is 3.64. The van der Waals surface area contributed by atoms with Crippen LogP contribution in [0.4, 0.5) is 5.69 Å². The van der Waals surface area contributed by atoms with E-state index in [1.54, 1.807) is 25.1 Å². The summed E-state index contributed by atoms with van der Waals surface area (Å²) >= 11 is 0. The largest absolute Gasteiger partial charge is 0.497 e. The van der Waals surface area contributed by atoms with E-state index in [1.165, 1.54) is 7.11 Å². The number of anilines is 1. The molecule has 1 amide bonds. The van der Waals surface area contributed by atoms with Gasteiger partial charge in [0, 0.05) is 36.9 Å². The maximum atomic E-state index is 12.1. The van der Waals surface area contributed by atoms with Gasteiger partial charge in [0.05, 0.1) is 13.2 Å². The zero-order valence-electron chi connectivity index (χ0n) is 11.7. The summed E-state index contributed by atoms with van der Waals surface area (Å²) in [6.45, 7) is 2.44. The summed E-state index contributed by atoms with van der Waals surface area (Å²) in [4.78, 5) is 12.1. The molecule has 4 N–H and O–H groups in total. The van der Waals surface area contributed by atoms with E-state index in [1.807, 2.05) is 0 Å². The molecule has 1 aromatic rings. The van der Waals surface area contributed by atoms with Crippen molar-refractivity contribution < 1.29 is 19.4 Å². The quantitative estimate of drug-likeness (QED) is 0.700. The molecule has 2 unspecified atom stereocenters. The first-order chi connectivity index (χ1) is 9.44. The van der Waals surface area contributed by atoms with Gasteiger partial charge in [-0.25, -0.2) is 0 Å². The Morgan fingerprint density at radius 1 is 1.60 bits per heavy atom. The van der Waals surface area contributed by atoms with Gasteiger partial charge in [-0.3, -0.25) is 4.79 Å². The Bertz CT molecular complexity index is 506. The SMILES string of the molecule is COc1cc(N)cc(C(=O)NCC2(O)CCOC2C)c1. The van der Waals surface area contributed by atoms with Crippen LogP contribution in [0.5, 0.6) is 5.75 Å². The summed E-state index contributed by atoms with van der Waals surface area (Å²) in [7, 11) is 1.51. The van der Waals surface area contributed by atoms with Crippen molar-refractivity contribution >= 4 is 11.6 Å². The van der Waals surface area contributed by atoms with Gasteiger partial charge in [-0.15, -0.1) is 0 Å². The molecule has 0 saturated carbocycles. The van der Waals surface area contributed by atoms with Crippen LogP contribution in [-0.4, -0.2) is 43.0 Å². The van der Waals surface area contributed by atoms with Gasteiger partial charge in [-0.05, 0) is 19.1 Å². The van der Waals surface area contributed by atoms with Gasteiger partial charge in [0.25, 0.3) is 5.91 Å². The van der Waals surface area contributed by atoms with E-state index in [2.05, 4.69) is 5.32 Å². The van der Waals surface area contributed by atoms with E-state index in [0.717, 1.165) is 0 Å². The average molecular weight is 280 g/mol. The maximum Gasteiger partial charge on any atom is 0.251 e. The van der Waals surface area contributed by atoms with Gasteiger partial charge in [-0.1, -0.05) is 0 Å². The summed E-state index contributed by atoms with van der Waals surface area (Å²) in [6.07, 6.45) is 0.215. The maximum absolute atomic E-state index is 12.1. The molecule has 1 aliphatic heterocycles. The lowest BCUT2D eigenvalue weighted by atomic mass is 9.96. The van der Waals surface area contributed by atoms with Gasteiger partial charge in [0.15, 0.2) is 0 Å². The molecule has 6 nitrogen and oxygen atoms in total. The van der Waals surface area contributed by atoms with E-state index >= 15 is 0 Å². The number of amides is 1. The molecule has 0 aliphatic carbocycles. The first-order valence-electron chi connectivity index (χ1n) is 6.51. The number of aliphatic hydroxyl groups is 1. The molecule has 20 heavy (non-hydrogen) atoms. The van der Waals surface area contributed by atoms with E-state index in [4.69, 9.17) is 15.2 Å². The average Bonchev–Trinajstić information content (AvgIpc) is 2.75. The number of nitrogens with two attached hydrogens (primary N) is 1. The van der Waals surface area contributed by atoms with Crippen LogP contribution < -0.4 is 15.8 Å². The van der Waals surface area contributed by atoms with E-state index < -0.39 is 5.60 Å². The van der Waals surface area contributed by atoms with E-state index in [9.17, 15) is 9.90 Å². The molecule has 1 fully saturated rings. The van der Waals surface area contributed by atoms with Crippen LogP contribution in [0.1, 0.15) is 23.7 Å². The van der Waals surface area contributed by atoms with E-state index in [-0.39, 0.29) is 18.6 Å². The molecule has 0 aromatic heterocycles. The monoisotopic (exact) mass is 280 g/mol. The van der Waals surface area contributed by atoms with Crippen molar-refractivity contribution in [2.24, 2.45) is 0 Å². The summed E-state index contributed by atoms with van der Waals surface area (Å²) in [6, 6.07) is 4.80. The summed E-state index contributed by atoms with van der Waals surface area (Å²) in [5, 5.41) is 13.0. The molecular formula is C14H20N2O4. The third-order valence-electron chi connectivity index (χ3n) is 3.64. The normalized spacial score (nSPS) is 25.4. The molecular weight excluding hydrogens is 260 g/mol. The van der Waals surface area contributed by atoms with Crippen LogP contribution in [-0.2, 0) is 4.74 Å². The van der Waals surface area contributed by atoms with Crippen LogP contribution in [0.3, 0.4) is 0 Å². The fourth-order valence-electron chi connectivity index (χ4n) is 2.21. The second-order valence-corrected chi connectivity index (χ2v) is 5.04. The predicted molar refractivity (Wildman–Crippen MR) is 74.7 cm³/mol. The smallest absolute Gasteiger partial charge is 0.251 e. The first-order valence-corrected chi connectivity index (χ1v) is 6.51. The first kappa shape index (κ1) is 14.6. The predicted octanol–water partition coefficient (Wildman–Crippen LogP) is 0.547. The molecule has 2 rings (SSSR count). The van der Waals surface area contributed by atoms with Gasteiger partial charge in [0.1, 0.15) is 11.4 Å². The minimum atomic E-state index is -1.01. The van der Waals surface area contributed by atoms with Crippen LogP contribution in [0.15, 0.2) is 18.2 Å². The highest BCUT2D eigenvalue weighted by Crippen LogP contribution is 2.25. The van der Waals surface area contributed by atoms with Crippen molar-refractivity contribution in [3.63, 3.8) is 0 Å². The summed E-state index contributed by atoms with van der Waals surface area (Å²) in [5.74, 6) is 0.217. The molecule has 1 heterocycles. The number of carbonyl (C=O) groups excluding carboxylic acids is 1. The highest BCUT2D eigenvalue weighted by atomic mass is 16.5. The van der Waals surface area contributed by atoms with Crippen LogP contribution in [0, 0.1) is 0 Å². The molecule has 0 bridgehead atoms. The van der Waals surface area contributed by atoms with Crippen molar-refractivity contribution in [2.75, 3.05) is 26.0 Å². The number of hydrogen-bond acceptors (Lipinski definition) is 5. The Hall–Kier alpha value is -1.79. The van der Waals surface area contributed by atoms with Gasteiger partial charge >= 0.3 is 0 Å². The number of hydrogen-bond donors (Lipinski definition) is 3. The van der Waals surface area contributed by atoms with E-state index in [0.29, 0.717) is 30.0 Å². The van der Waals surface area contributed by atoms with Crippen molar-refractivity contribution in [1.82, 2.24) is 5.32 Å². The highest BCUT2D eigenvalue weighted by molar-refractivity contribution is 5.95. The molecule has 1 aliphatic rings. The third kappa shape index (κ3) is 3.02. The number of nitrogens with one attached hydrogen (secondary N) is 1. The molecule has 6 heteroatoms. The number of rotatable bonds is 4. The van der Waals surface area contributed by atoms with Crippen molar-refractivity contribution in [1.29, 1.82) is 0 Å². The Morgan fingerprint density at radius 2 is 2.35 bits per heavy atom. The Morgan fingerprint density at radius 3 is 2.95 bits per heavy atom. The number of methoxy groups -OCH3 is 1. The second kappa shape index (κ2) is 5.68. The zero-order valence-corrected chi connectivity index (χ0v) is 11.7. The summed E-state index contributed by atoms with van der Waals surface area (Å²) < 4.78 is 10.4. The van der Waals surface area contributed by atoms with Crippen LogP contribution >= 0.6 is 0 Å². The fourth-order valence-corrected chi connectivity index (χ4v) is 2.21. The molecule has 0 radical (unpaired) electrons. The standard InChI is InChI=1S/C14H20N2O4/c1-9-14(18,3-4-20-9)8-16-13(17)10-5-11(15)7-12(6-10)19-2/h5-7,9,18H,3-4,8,15H2,1-2H3,(H,16,17). The van der Waals surface area contributed by atoms with Gasteiger partial charge < -0.3 is 25.6 Å². The van der Waals surface area contributed by atoms with Crippen LogP contribution in [0.2, 0.25) is 0 Å². The van der Waals surface area contributed by atoms with Crippen molar-refractivity contribution in [3.05, 3.63) is 23.8 Å². The molecule has 1 saturated heterocycles. The Labute approximate surface area is 117 Å². The lowest BCUT2D eigenvalue weighted by Crippen LogP contribution is -2.47. The van der Waals surface area contributed by atoms with Crippen LogP contribution in [0.25, 0.3) is 0 Å². The number of ether oxygens (including phenoxy) is 2. The molecule has 110 valence electrons. The Kier molecular flexibility index (Phi) is 4.15. The summed E-state index contributed by atoms with van der Waals surface area (Å²) in [5.41, 5.74) is 5.55. The fraction of sp³-hybridized carbons (Fsp3) is 0.500. The Balaban J connectivity index is 2.03. The van der Waals surface area contributed by atoms with Gasteiger partial charge in [-0.2, -0.15) is 0 Å². The lowest BCUT2D eigenvalue weighted by Gasteiger charge is -2.26.